The summed E-state index contributed by atoms with van der Waals surface area (Å²) in [7, 11) is 0. The zero-order valence-corrected chi connectivity index (χ0v) is 6.68. The smallest absolute Gasteiger partial charge is 0.545 e. The van der Waals surface area contributed by atoms with Gasteiger partial charge in [-0.3, -0.25) is 0 Å². The van der Waals surface area contributed by atoms with E-state index in [1.54, 1.807) is 0 Å². The van der Waals surface area contributed by atoms with Crippen LogP contribution < -0.4 is 34.7 Å². The van der Waals surface area contributed by atoms with E-state index in [1.807, 2.05) is 0 Å². The summed E-state index contributed by atoms with van der Waals surface area (Å²) in [5.74, 6) is -1.40. The van der Waals surface area contributed by atoms with Crippen LogP contribution in [0.3, 0.4) is 0 Å². The van der Waals surface area contributed by atoms with Gasteiger partial charge in [-0.1, -0.05) is 6.58 Å². The standard InChI is InChI=1S/C4H6O3.Na/c1-3(2-5)4(6)7;/h5H,1-2H2,(H,6,7);/q;+1/p-1. The predicted molar refractivity (Wildman–Crippen MR) is 21.2 cm³/mol. The molecule has 0 aromatic rings. The molecular formula is C4H5NaO3. The van der Waals surface area contributed by atoms with Crippen molar-refractivity contribution < 1.29 is 44.6 Å². The van der Waals surface area contributed by atoms with Gasteiger partial charge in [0, 0.05) is 0 Å². The van der Waals surface area contributed by atoms with Gasteiger partial charge < -0.3 is 15.0 Å². The predicted octanol–water partition coefficient (Wildman–Crippen LogP) is -4.71. The third-order valence-corrected chi connectivity index (χ3v) is 0.480. The van der Waals surface area contributed by atoms with Crippen LogP contribution in [0, 0.1) is 0 Å². The van der Waals surface area contributed by atoms with Crippen molar-refractivity contribution in [2.45, 2.75) is 0 Å². The number of carboxylic acids is 1. The van der Waals surface area contributed by atoms with Gasteiger partial charge in [0.05, 0.1) is 12.6 Å². The summed E-state index contributed by atoms with van der Waals surface area (Å²) in [5, 5.41) is 17.5. The third-order valence-electron chi connectivity index (χ3n) is 0.480. The van der Waals surface area contributed by atoms with Crippen molar-refractivity contribution in [1.82, 2.24) is 0 Å². The maximum absolute atomic E-state index is 9.56. The first-order chi connectivity index (χ1) is 3.18. The zero-order chi connectivity index (χ0) is 5.86. The number of rotatable bonds is 2. The van der Waals surface area contributed by atoms with Gasteiger partial charge in [0.1, 0.15) is 0 Å². The van der Waals surface area contributed by atoms with Crippen LogP contribution in [0.4, 0.5) is 0 Å². The molecule has 0 aliphatic heterocycles. The van der Waals surface area contributed by atoms with Crippen LogP contribution in [0.1, 0.15) is 0 Å². The average molecular weight is 124 g/mol. The average Bonchev–Trinajstić information content (AvgIpc) is 1.65. The summed E-state index contributed by atoms with van der Waals surface area (Å²) in [6.07, 6.45) is 0. The number of hydrogen-bond donors (Lipinski definition) is 1. The van der Waals surface area contributed by atoms with E-state index in [0.29, 0.717) is 0 Å². The van der Waals surface area contributed by atoms with Crippen LogP contribution in [0.25, 0.3) is 0 Å². The van der Waals surface area contributed by atoms with Gasteiger partial charge >= 0.3 is 29.6 Å². The first-order valence-electron chi connectivity index (χ1n) is 1.68. The first-order valence-corrected chi connectivity index (χ1v) is 1.68. The number of aliphatic hydroxyl groups is 1. The molecule has 0 rings (SSSR count). The topological polar surface area (TPSA) is 60.4 Å². The Bertz CT molecular complexity index is 99.5. The molecular weight excluding hydrogens is 119 g/mol. The molecule has 3 nitrogen and oxygen atoms in total. The van der Waals surface area contributed by atoms with E-state index in [9.17, 15) is 9.90 Å². The Balaban J connectivity index is 0. The molecule has 0 aromatic carbocycles. The molecule has 0 amide bonds. The summed E-state index contributed by atoms with van der Waals surface area (Å²) >= 11 is 0. The second-order valence-corrected chi connectivity index (χ2v) is 1.05. The molecule has 0 aliphatic carbocycles. The summed E-state index contributed by atoms with van der Waals surface area (Å²) in [5.41, 5.74) is -0.292. The molecule has 0 fully saturated rings. The molecule has 0 heterocycles. The normalized spacial score (nSPS) is 7.12. The molecule has 0 aliphatic rings. The molecule has 0 unspecified atom stereocenters. The molecule has 0 aromatic heterocycles. The fraction of sp³-hybridized carbons (Fsp3) is 0.250. The fourth-order valence-electron chi connectivity index (χ4n) is 0.0645. The number of aliphatic hydroxyl groups excluding tert-OH is 1. The minimum absolute atomic E-state index is 0. The quantitative estimate of drug-likeness (QED) is 0.297. The van der Waals surface area contributed by atoms with E-state index in [2.05, 4.69) is 6.58 Å². The Kier molecular flexibility index (Phi) is 7.32. The number of carbonyl (C=O) groups excluding carboxylic acids is 1. The maximum Gasteiger partial charge on any atom is 1.00 e. The number of hydrogen-bond acceptors (Lipinski definition) is 3. The van der Waals surface area contributed by atoms with Crippen molar-refractivity contribution in [1.29, 1.82) is 0 Å². The van der Waals surface area contributed by atoms with Gasteiger partial charge in [-0.2, -0.15) is 0 Å². The van der Waals surface area contributed by atoms with Gasteiger partial charge in [-0.15, -0.1) is 0 Å². The van der Waals surface area contributed by atoms with Gasteiger partial charge in [0.2, 0.25) is 0 Å². The van der Waals surface area contributed by atoms with Crippen molar-refractivity contribution in [3.8, 4) is 0 Å². The van der Waals surface area contributed by atoms with E-state index in [1.165, 1.54) is 0 Å². The molecule has 0 bridgehead atoms. The van der Waals surface area contributed by atoms with Crippen molar-refractivity contribution in [2.75, 3.05) is 6.61 Å². The monoisotopic (exact) mass is 124 g/mol. The molecule has 8 heavy (non-hydrogen) atoms. The Labute approximate surface area is 69.3 Å². The van der Waals surface area contributed by atoms with E-state index in [4.69, 9.17) is 5.11 Å². The molecule has 0 atom stereocenters. The van der Waals surface area contributed by atoms with E-state index in [0.717, 1.165) is 0 Å². The minimum Gasteiger partial charge on any atom is -0.545 e. The Morgan fingerprint density at radius 1 is 1.75 bits per heavy atom. The van der Waals surface area contributed by atoms with E-state index >= 15 is 0 Å². The number of aliphatic carboxylic acids is 1. The van der Waals surface area contributed by atoms with E-state index < -0.39 is 12.6 Å². The SMILES string of the molecule is C=C(CO)C(=O)[O-].[Na+]. The first kappa shape index (κ1) is 11.0. The van der Waals surface area contributed by atoms with Gasteiger partial charge in [-0.05, 0) is 5.57 Å². The fourth-order valence-corrected chi connectivity index (χ4v) is 0.0645. The minimum atomic E-state index is -1.40. The van der Waals surface area contributed by atoms with Crippen LogP contribution in [-0.2, 0) is 4.79 Å². The maximum atomic E-state index is 9.56. The van der Waals surface area contributed by atoms with Crippen LogP contribution >= 0.6 is 0 Å². The second kappa shape index (κ2) is 5.31. The van der Waals surface area contributed by atoms with Crippen LogP contribution in [0.15, 0.2) is 12.2 Å². The molecule has 0 saturated carbocycles. The third kappa shape index (κ3) is 4.33. The van der Waals surface area contributed by atoms with Gasteiger partial charge in [-0.25, -0.2) is 0 Å². The van der Waals surface area contributed by atoms with Gasteiger partial charge in [0.25, 0.3) is 0 Å². The van der Waals surface area contributed by atoms with Crippen LogP contribution in [-0.4, -0.2) is 17.7 Å². The van der Waals surface area contributed by atoms with Crippen molar-refractivity contribution in [2.24, 2.45) is 0 Å². The number of carbonyl (C=O) groups is 1. The Hall–Kier alpha value is 0.170. The summed E-state index contributed by atoms with van der Waals surface area (Å²) in [6, 6.07) is 0. The van der Waals surface area contributed by atoms with E-state index in [-0.39, 0.29) is 35.1 Å². The summed E-state index contributed by atoms with van der Waals surface area (Å²) in [6.45, 7) is 2.42. The summed E-state index contributed by atoms with van der Waals surface area (Å²) < 4.78 is 0. The van der Waals surface area contributed by atoms with Crippen molar-refractivity contribution in [3.05, 3.63) is 12.2 Å². The molecule has 4 heteroatoms. The Morgan fingerprint density at radius 3 is 2.12 bits per heavy atom. The second-order valence-electron chi connectivity index (χ2n) is 1.05. The molecule has 1 N–H and O–H groups in total. The molecule has 0 saturated heterocycles. The molecule has 0 spiro atoms. The number of carboxylic acid groups (broad SMARTS) is 1. The molecule has 40 valence electrons. The van der Waals surface area contributed by atoms with Crippen LogP contribution in [0.2, 0.25) is 0 Å². The summed E-state index contributed by atoms with van der Waals surface area (Å²) in [4.78, 5) is 9.56. The molecule has 0 radical (unpaired) electrons. The van der Waals surface area contributed by atoms with Gasteiger partial charge in [0.15, 0.2) is 0 Å². The van der Waals surface area contributed by atoms with Crippen molar-refractivity contribution >= 4 is 5.97 Å². The zero-order valence-electron chi connectivity index (χ0n) is 4.68. The van der Waals surface area contributed by atoms with Crippen LogP contribution in [0.5, 0.6) is 0 Å². The Morgan fingerprint density at radius 2 is 2.12 bits per heavy atom. The largest absolute Gasteiger partial charge is 1.00 e. The van der Waals surface area contributed by atoms with Crippen molar-refractivity contribution in [3.63, 3.8) is 0 Å².